The van der Waals surface area contributed by atoms with Crippen molar-refractivity contribution in [3.05, 3.63) is 0 Å². The summed E-state index contributed by atoms with van der Waals surface area (Å²) in [6.07, 6.45) is -0.213. The molecule has 0 N–H and O–H groups in total. The molecule has 0 amide bonds. The number of sulfonamides is 1. The molecule has 7 heteroatoms. The van der Waals surface area contributed by atoms with Crippen molar-refractivity contribution in [3.63, 3.8) is 0 Å². The maximum atomic E-state index is 12.1. The number of hydrogen-bond acceptors (Lipinski definition) is 4. The van der Waals surface area contributed by atoms with Gasteiger partial charge in [0, 0.05) is 25.1 Å². The summed E-state index contributed by atoms with van der Waals surface area (Å²) in [6, 6.07) is -0.138. The van der Waals surface area contributed by atoms with Crippen LogP contribution in [0.25, 0.3) is 0 Å². The highest BCUT2D eigenvalue weighted by Gasteiger charge is 2.33. The van der Waals surface area contributed by atoms with Crippen molar-refractivity contribution in [1.29, 1.82) is 0 Å². The van der Waals surface area contributed by atoms with E-state index in [-0.39, 0.29) is 24.5 Å². The number of nitrogens with zero attached hydrogens (tertiary/aromatic N) is 1. The molecule has 1 rings (SSSR count). The summed E-state index contributed by atoms with van der Waals surface area (Å²) >= 11 is 5.70. The van der Waals surface area contributed by atoms with Gasteiger partial charge in [-0.3, -0.25) is 0 Å². The first-order valence-corrected chi connectivity index (χ1v) is 7.90. The third-order valence-corrected chi connectivity index (χ3v) is 4.92. The third-order valence-electron chi connectivity index (χ3n) is 2.67. The van der Waals surface area contributed by atoms with E-state index in [1.807, 2.05) is 13.8 Å². The van der Waals surface area contributed by atoms with E-state index in [9.17, 15) is 8.42 Å². The molecule has 17 heavy (non-hydrogen) atoms. The average molecular weight is 286 g/mol. The molecule has 0 radical (unpaired) electrons. The van der Waals surface area contributed by atoms with Crippen LogP contribution < -0.4 is 0 Å². The second-order valence-corrected chi connectivity index (χ2v) is 6.39. The Kier molecular flexibility index (Phi) is 6.16. The van der Waals surface area contributed by atoms with E-state index in [0.29, 0.717) is 25.6 Å². The van der Waals surface area contributed by atoms with Crippen LogP contribution >= 0.6 is 11.6 Å². The maximum Gasteiger partial charge on any atom is 0.216 e. The van der Waals surface area contributed by atoms with Gasteiger partial charge in [-0.05, 0) is 13.8 Å². The fourth-order valence-corrected chi connectivity index (χ4v) is 3.45. The topological polar surface area (TPSA) is 55.8 Å². The number of morpholine rings is 1. The fraction of sp³-hybridized carbons (Fsp3) is 1.00. The molecule has 2 unspecified atom stereocenters. The summed E-state index contributed by atoms with van der Waals surface area (Å²) in [6.45, 7) is 5.16. The summed E-state index contributed by atoms with van der Waals surface area (Å²) in [4.78, 5) is 0. The Balaban J connectivity index is 2.61. The van der Waals surface area contributed by atoms with Crippen LogP contribution in [0.15, 0.2) is 0 Å². The molecule has 102 valence electrons. The lowest BCUT2D eigenvalue weighted by atomic mass is 10.2. The van der Waals surface area contributed by atoms with Crippen LogP contribution in [0.5, 0.6) is 0 Å². The monoisotopic (exact) mass is 285 g/mol. The number of rotatable bonds is 6. The zero-order valence-corrected chi connectivity index (χ0v) is 11.8. The van der Waals surface area contributed by atoms with Crippen LogP contribution in [0.4, 0.5) is 0 Å². The van der Waals surface area contributed by atoms with Gasteiger partial charge < -0.3 is 9.47 Å². The zero-order chi connectivity index (χ0) is 12.9. The second kappa shape index (κ2) is 6.89. The zero-order valence-electron chi connectivity index (χ0n) is 10.3. The van der Waals surface area contributed by atoms with Crippen LogP contribution in [0.2, 0.25) is 0 Å². The average Bonchev–Trinajstić information content (AvgIpc) is 2.29. The molecule has 0 saturated carbocycles. The van der Waals surface area contributed by atoms with E-state index in [0.717, 1.165) is 0 Å². The minimum Gasteiger partial charge on any atom is -0.381 e. The van der Waals surface area contributed by atoms with Gasteiger partial charge in [0.2, 0.25) is 10.0 Å². The first-order valence-electron chi connectivity index (χ1n) is 5.76. The van der Waals surface area contributed by atoms with Crippen molar-refractivity contribution in [3.8, 4) is 0 Å². The number of ether oxygens (including phenoxy) is 2. The Labute approximate surface area is 108 Å². The van der Waals surface area contributed by atoms with E-state index >= 15 is 0 Å². The quantitative estimate of drug-likeness (QED) is 0.532. The van der Waals surface area contributed by atoms with Crippen LogP contribution in [-0.4, -0.2) is 62.9 Å². The Morgan fingerprint density at radius 2 is 2.24 bits per heavy atom. The summed E-state index contributed by atoms with van der Waals surface area (Å²) < 4.78 is 36.1. The first kappa shape index (κ1) is 15.2. The van der Waals surface area contributed by atoms with Gasteiger partial charge in [0.05, 0.1) is 25.1 Å². The van der Waals surface area contributed by atoms with Gasteiger partial charge in [-0.2, -0.15) is 4.31 Å². The predicted molar refractivity (Wildman–Crippen MR) is 66.9 cm³/mol. The van der Waals surface area contributed by atoms with Crippen LogP contribution in [0.1, 0.15) is 13.8 Å². The molecule has 0 aromatic rings. The molecule has 0 aromatic heterocycles. The summed E-state index contributed by atoms with van der Waals surface area (Å²) in [7, 11) is -3.28. The summed E-state index contributed by atoms with van der Waals surface area (Å²) in [5, 5.41) is 0. The molecular formula is C10H20ClNO4S. The molecule has 0 bridgehead atoms. The third kappa shape index (κ3) is 4.37. The normalized spacial score (nSPS) is 27.2. The Morgan fingerprint density at radius 1 is 1.53 bits per heavy atom. The molecule has 1 fully saturated rings. The largest absolute Gasteiger partial charge is 0.381 e. The van der Waals surface area contributed by atoms with Crippen LogP contribution in [0, 0.1) is 0 Å². The van der Waals surface area contributed by atoms with Crippen molar-refractivity contribution in [2.45, 2.75) is 26.0 Å². The smallest absolute Gasteiger partial charge is 0.216 e. The highest BCUT2D eigenvalue weighted by molar-refractivity contribution is 7.89. The molecule has 5 nitrogen and oxygen atoms in total. The molecule has 1 aliphatic rings. The fourth-order valence-electron chi connectivity index (χ4n) is 1.70. The molecule has 1 saturated heterocycles. The van der Waals surface area contributed by atoms with Crippen molar-refractivity contribution >= 4 is 21.6 Å². The van der Waals surface area contributed by atoms with E-state index in [1.165, 1.54) is 4.31 Å². The summed E-state index contributed by atoms with van der Waals surface area (Å²) in [5.74, 6) is 0.324. The van der Waals surface area contributed by atoms with Gasteiger partial charge in [0.1, 0.15) is 0 Å². The van der Waals surface area contributed by atoms with Gasteiger partial charge in [-0.25, -0.2) is 8.42 Å². The molecule has 0 aromatic carbocycles. The van der Waals surface area contributed by atoms with Gasteiger partial charge >= 0.3 is 0 Å². The van der Waals surface area contributed by atoms with Crippen molar-refractivity contribution in [2.24, 2.45) is 0 Å². The molecule has 0 aliphatic carbocycles. The minimum atomic E-state index is -3.28. The Morgan fingerprint density at radius 3 is 2.82 bits per heavy atom. The van der Waals surface area contributed by atoms with Crippen molar-refractivity contribution in [2.75, 3.05) is 38.0 Å². The molecule has 0 spiro atoms. The number of halogens is 1. The Bertz CT molecular complexity index is 322. The van der Waals surface area contributed by atoms with Crippen molar-refractivity contribution in [1.82, 2.24) is 4.31 Å². The van der Waals surface area contributed by atoms with Gasteiger partial charge in [0.15, 0.2) is 0 Å². The van der Waals surface area contributed by atoms with Crippen LogP contribution in [-0.2, 0) is 19.5 Å². The van der Waals surface area contributed by atoms with E-state index in [2.05, 4.69) is 0 Å². The second-order valence-electron chi connectivity index (χ2n) is 4.04. The maximum absolute atomic E-state index is 12.1. The summed E-state index contributed by atoms with van der Waals surface area (Å²) in [5.41, 5.74) is 0. The predicted octanol–water partition coefficient (Wildman–Crippen LogP) is 0.681. The molecular weight excluding hydrogens is 266 g/mol. The van der Waals surface area contributed by atoms with Gasteiger partial charge in [-0.15, -0.1) is 11.6 Å². The van der Waals surface area contributed by atoms with Crippen molar-refractivity contribution < 1.29 is 17.9 Å². The molecule has 2 atom stereocenters. The van der Waals surface area contributed by atoms with E-state index < -0.39 is 10.0 Å². The standard InChI is InChI=1S/C10H20ClNO4S/c1-3-15-4-5-17(13,14)12-7-10(6-11)16-8-9(12)2/h9-10H,3-8H2,1-2H3. The number of alkyl halides is 1. The highest BCUT2D eigenvalue weighted by atomic mass is 35.5. The lowest BCUT2D eigenvalue weighted by molar-refractivity contribution is -0.0154. The SMILES string of the molecule is CCOCCS(=O)(=O)N1CC(CCl)OCC1C. The van der Waals surface area contributed by atoms with Gasteiger partial charge in [0.25, 0.3) is 0 Å². The lowest BCUT2D eigenvalue weighted by Crippen LogP contribution is -2.52. The number of hydrogen-bond donors (Lipinski definition) is 0. The Hall–Kier alpha value is 0.120. The minimum absolute atomic E-state index is 0.0141. The van der Waals surface area contributed by atoms with Crippen LogP contribution in [0.3, 0.4) is 0 Å². The van der Waals surface area contributed by atoms with Gasteiger partial charge in [-0.1, -0.05) is 0 Å². The molecule has 1 heterocycles. The lowest BCUT2D eigenvalue weighted by Gasteiger charge is -2.36. The highest BCUT2D eigenvalue weighted by Crippen LogP contribution is 2.17. The van der Waals surface area contributed by atoms with E-state index in [4.69, 9.17) is 21.1 Å². The molecule has 1 aliphatic heterocycles. The first-order chi connectivity index (χ1) is 8.01. The van der Waals surface area contributed by atoms with E-state index in [1.54, 1.807) is 0 Å².